The van der Waals surface area contributed by atoms with E-state index < -0.39 is 6.03 Å². The van der Waals surface area contributed by atoms with Gasteiger partial charge in [0.2, 0.25) is 5.91 Å². The van der Waals surface area contributed by atoms with Gasteiger partial charge in [-0.25, -0.2) is 9.48 Å². The molecule has 2 N–H and O–H groups in total. The quantitative estimate of drug-likeness (QED) is 0.252. The highest BCUT2D eigenvalue weighted by atomic mass is 16.5. The second-order valence-electron chi connectivity index (χ2n) is 10.7. The van der Waals surface area contributed by atoms with Crippen molar-refractivity contribution in [3.8, 4) is 11.4 Å². The first-order valence-electron chi connectivity index (χ1n) is 13.4. The van der Waals surface area contributed by atoms with Crippen LogP contribution >= 0.6 is 0 Å². The molecule has 8 heteroatoms. The monoisotopic (exact) mass is 539 g/mol. The fourth-order valence-electron chi connectivity index (χ4n) is 4.20. The second kappa shape index (κ2) is 12.5. The summed E-state index contributed by atoms with van der Waals surface area (Å²) in [5.74, 6) is 0.778. The summed E-state index contributed by atoms with van der Waals surface area (Å²) in [5, 5.41) is 10.7. The molecule has 0 atom stereocenters. The van der Waals surface area contributed by atoms with Gasteiger partial charge in [0.15, 0.2) is 0 Å². The molecule has 8 nitrogen and oxygen atoms in total. The molecule has 3 amide bonds. The molecule has 0 unspecified atom stereocenters. The number of rotatable bonds is 9. The Morgan fingerprint density at radius 3 is 2.35 bits per heavy atom. The zero-order valence-corrected chi connectivity index (χ0v) is 23.8. The lowest BCUT2D eigenvalue weighted by Gasteiger charge is -2.23. The van der Waals surface area contributed by atoms with Crippen molar-refractivity contribution in [3.05, 3.63) is 102 Å². The average Bonchev–Trinajstić information content (AvgIpc) is 3.34. The van der Waals surface area contributed by atoms with Crippen LogP contribution in [0.2, 0.25) is 0 Å². The van der Waals surface area contributed by atoms with Gasteiger partial charge in [-0.3, -0.25) is 4.79 Å². The normalized spacial score (nSPS) is 11.1. The van der Waals surface area contributed by atoms with Crippen molar-refractivity contribution >= 4 is 23.4 Å². The van der Waals surface area contributed by atoms with Crippen molar-refractivity contribution in [2.45, 2.75) is 46.6 Å². The zero-order chi connectivity index (χ0) is 28.7. The van der Waals surface area contributed by atoms with Crippen LogP contribution in [0, 0.1) is 6.92 Å². The molecule has 0 spiro atoms. The number of aromatic nitrogens is 2. The smallest absolute Gasteiger partial charge is 0.322 e. The number of para-hydroxylation sites is 2. The molecule has 1 aromatic heterocycles. The highest BCUT2D eigenvalue weighted by Crippen LogP contribution is 2.27. The highest BCUT2D eigenvalue weighted by molar-refractivity contribution is 5.97. The van der Waals surface area contributed by atoms with Crippen molar-refractivity contribution in [3.63, 3.8) is 0 Å². The van der Waals surface area contributed by atoms with E-state index >= 15 is 0 Å². The van der Waals surface area contributed by atoms with Gasteiger partial charge >= 0.3 is 6.03 Å². The van der Waals surface area contributed by atoms with E-state index in [0.717, 1.165) is 22.5 Å². The molecule has 0 aliphatic rings. The molecule has 0 saturated carbocycles. The van der Waals surface area contributed by atoms with Gasteiger partial charge in [0.05, 0.1) is 23.7 Å². The maximum atomic E-state index is 13.5. The minimum absolute atomic E-state index is 0.165. The summed E-state index contributed by atoms with van der Waals surface area (Å²) in [5.41, 5.74) is 4.00. The minimum atomic E-state index is -0.409. The van der Waals surface area contributed by atoms with Gasteiger partial charge in [-0.2, -0.15) is 5.10 Å². The number of aryl methyl sites for hydroxylation is 1. The Hall–Kier alpha value is -4.59. The third kappa shape index (κ3) is 7.28. The number of ether oxygens (including phenoxy) is 1. The van der Waals surface area contributed by atoms with Gasteiger partial charge in [-0.1, -0.05) is 75.4 Å². The van der Waals surface area contributed by atoms with Crippen LogP contribution in [0.4, 0.5) is 16.3 Å². The number of nitrogens with one attached hydrogen (secondary N) is 2. The second-order valence-corrected chi connectivity index (χ2v) is 10.7. The Kier molecular flexibility index (Phi) is 8.89. The summed E-state index contributed by atoms with van der Waals surface area (Å²) in [7, 11) is 0. The topological polar surface area (TPSA) is 88.5 Å². The molecule has 208 valence electrons. The first-order chi connectivity index (χ1) is 19.1. The molecular weight excluding hydrogens is 502 g/mol. The van der Waals surface area contributed by atoms with Gasteiger partial charge in [0, 0.05) is 18.0 Å². The molecule has 0 bridgehead atoms. The standard InChI is InChI=1S/C32H37N5O3/c1-6-40-27-18-11-10-17-26(27)33-31(39)36(21-24-14-8-7-9-15-24)22-30(38)34-29-20-28(32(3,4)5)35-37(29)25-16-12-13-23(2)19-25/h7-20H,6,21-22H2,1-5H3,(H,33,39)(H,34,38). The van der Waals surface area contributed by atoms with Gasteiger partial charge in [-0.15, -0.1) is 0 Å². The maximum absolute atomic E-state index is 13.5. The van der Waals surface area contributed by atoms with Crippen LogP contribution in [0.5, 0.6) is 5.75 Å². The van der Waals surface area contributed by atoms with Crippen LogP contribution in [0.1, 0.15) is 44.5 Å². The number of anilines is 2. The summed E-state index contributed by atoms with van der Waals surface area (Å²) in [6.07, 6.45) is 0. The third-order valence-electron chi connectivity index (χ3n) is 6.26. The molecule has 3 aromatic carbocycles. The number of benzene rings is 3. The van der Waals surface area contributed by atoms with Crippen LogP contribution < -0.4 is 15.4 Å². The van der Waals surface area contributed by atoms with E-state index in [1.165, 1.54) is 4.90 Å². The fourth-order valence-corrected chi connectivity index (χ4v) is 4.20. The number of carbonyl (C=O) groups excluding carboxylic acids is 2. The molecule has 0 saturated heterocycles. The predicted octanol–water partition coefficient (Wildman–Crippen LogP) is 6.55. The van der Waals surface area contributed by atoms with Gasteiger partial charge in [-0.05, 0) is 49.2 Å². The number of urea groups is 1. The Balaban J connectivity index is 1.59. The van der Waals surface area contributed by atoms with Crippen molar-refractivity contribution < 1.29 is 14.3 Å². The summed E-state index contributed by atoms with van der Waals surface area (Å²) in [6, 6.07) is 26.2. The van der Waals surface area contributed by atoms with Crippen LogP contribution in [0.25, 0.3) is 5.69 Å². The lowest BCUT2D eigenvalue weighted by atomic mass is 9.92. The molecular formula is C32H37N5O3. The van der Waals surface area contributed by atoms with E-state index in [1.807, 2.05) is 86.6 Å². The van der Waals surface area contributed by atoms with Crippen LogP contribution in [-0.2, 0) is 16.8 Å². The van der Waals surface area contributed by atoms with E-state index in [-0.39, 0.29) is 24.4 Å². The molecule has 0 aliphatic heterocycles. The number of nitrogens with zero attached hydrogens (tertiary/aromatic N) is 3. The van der Waals surface area contributed by atoms with Crippen molar-refractivity contribution in [2.24, 2.45) is 0 Å². The SMILES string of the molecule is CCOc1ccccc1NC(=O)N(CC(=O)Nc1cc(C(C)(C)C)nn1-c1cccc(C)c1)Cc1ccccc1. The average molecular weight is 540 g/mol. The number of hydrogen-bond acceptors (Lipinski definition) is 4. The van der Waals surface area contributed by atoms with Gasteiger partial charge in [0.25, 0.3) is 0 Å². The highest BCUT2D eigenvalue weighted by Gasteiger charge is 2.24. The number of carbonyl (C=O) groups is 2. The Labute approximate surface area is 236 Å². The molecule has 1 heterocycles. The maximum Gasteiger partial charge on any atom is 0.322 e. The number of amides is 3. The fraction of sp³-hybridized carbons (Fsp3) is 0.281. The van der Waals surface area contributed by atoms with E-state index in [4.69, 9.17) is 9.84 Å². The van der Waals surface area contributed by atoms with Crippen molar-refractivity contribution in [1.29, 1.82) is 0 Å². The molecule has 0 aliphatic carbocycles. The Bertz CT molecular complexity index is 1460. The molecule has 0 fully saturated rings. The van der Waals surface area contributed by atoms with Crippen LogP contribution in [0.15, 0.2) is 84.9 Å². The van der Waals surface area contributed by atoms with Crippen LogP contribution in [0.3, 0.4) is 0 Å². The molecule has 4 aromatic rings. The molecule has 0 radical (unpaired) electrons. The summed E-state index contributed by atoms with van der Waals surface area (Å²) in [4.78, 5) is 28.4. The molecule has 40 heavy (non-hydrogen) atoms. The van der Waals surface area contributed by atoms with Crippen molar-refractivity contribution in [1.82, 2.24) is 14.7 Å². The van der Waals surface area contributed by atoms with E-state index in [2.05, 4.69) is 31.4 Å². The van der Waals surface area contributed by atoms with Crippen LogP contribution in [-0.4, -0.2) is 39.8 Å². The first kappa shape index (κ1) is 28.4. The van der Waals surface area contributed by atoms with Crippen molar-refractivity contribution in [2.75, 3.05) is 23.8 Å². The first-order valence-corrected chi connectivity index (χ1v) is 13.4. The minimum Gasteiger partial charge on any atom is -0.492 e. The zero-order valence-electron chi connectivity index (χ0n) is 23.8. The molecule has 4 rings (SSSR count). The van der Waals surface area contributed by atoms with E-state index in [9.17, 15) is 9.59 Å². The summed E-state index contributed by atoms with van der Waals surface area (Å²) < 4.78 is 7.41. The Morgan fingerprint density at radius 1 is 0.925 bits per heavy atom. The predicted molar refractivity (Wildman–Crippen MR) is 159 cm³/mol. The largest absolute Gasteiger partial charge is 0.492 e. The third-order valence-corrected chi connectivity index (χ3v) is 6.26. The summed E-state index contributed by atoms with van der Waals surface area (Å²) >= 11 is 0. The van der Waals surface area contributed by atoms with E-state index in [1.54, 1.807) is 16.8 Å². The Morgan fingerprint density at radius 2 is 1.65 bits per heavy atom. The lowest BCUT2D eigenvalue weighted by molar-refractivity contribution is -0.116. The van der Waals surface area contributed by atoms with Gasteiger partial charge < -0.3 is 20.3 Å². The summed E-state index contributed by atoms with van der Waals surface area (Å²) in [6.45, 7) is 10.7. The van der Waals surface area contributed by atoms with E-state index in [0.29, 0.717) is 23.9 Å². The lowest BCUT2D eigenvalue weighted by Crippen LogP contribution is -2.40. The van der Waals surface area contributed by atoms with Gasteiger partial charge in [0.1, 0.15) is 18.1 Å². The number of hydrogen-bond donors (Lipinski definition) is 2.